The molecule has 0 fully saturated rings. The van der Waals surface area contributed by atoms with E-state index in [0.717, 1.165) is 0 Å². The summed E-state index contributed by atoms with van der Waals surface area (Å²) in [7, 11) is 0. The van der Waals surface area contributed by atoms with Gasteiger partial charge in [0.1, 0.15) is 0 Å². The summed E-state index contributed by atoms with van der Waals surface area (Å²) >= 11 is 0. The van der Waals surface area contributed by atoms with Gasteiger partial charge in [-0.3, -0.25) is 0 Å². The Hall–Kier alpha value is -0.160. The van der Waals surface area contributed by atoms with Crippen LogP contribution in [0.15, 0.2) is 0 Å². The molecule has 0 aliphatic carbocycles. The summed E-state index contributed by atoms with van der Waals surface area (Å²) in [6.45, 7) is 29.7. The molecule has 0 saturated heterocycles. The Morgan fingerprint density at radius 2 is 0.197 bits per heavy atom. The minimum Gasteiger partial charge on any atom is -0.302 e. The second-order valence-electron chi connectivity index (χ2n) is 25.3. The van der Waals surface area contributed by atoms with Gasteiger partial charge < -0.3 is 19.6 Å². The number of unbranched alkanes of at least 4 members (excludes halogenated alkanes) is 48. The number of rotatable bonds is 69. The van der Waals surface area contributed by atoms with Crippen LogP contribution in [0.1, 0.15) is 388 Å². The highest BCUT2D eigenvalue weighted by atomic mass is 15.2. The van der Waals surface area contributed by atoms with Crippen molar-refractivity contribution in [2.75, 3.05) is 78.5 Å². The predicted octanol–water partition coefficient (Wildman–Crippen LogP) is 23.4. The van der Waals surface area contributed by atoms with Gasteiger partial charge in [-0.15, -0.1) is 0 Å². The Morgan fingerprint density at radius 3 is 0.316 bits per heavy atom. The lowest BCUT2D eigenvalue weighted by molar-refractivity contribution is 0.155. The van der Waals surface area contributed by atoms with E-state index in [1.54, 1.807) is 0 Å². The van der Waals surface area contributed by atoms with E-state index in [2.05, 4.69) is 61.1 Å². The van der Waals surface area contributed by atoms with Crippen LogP contribution in [0.2, 0.25) is 0 Å². The van der Waals surface area contributed by atoms with Gasteiger partial charge in [-0.05, 0) is 77.8 Å². The van der Waals surface area contributed by atoms with Gasteiger partial charge in [0, 0.05) is 39.3 Å². The Bertz CT molecular complexity index is 881. The first kappa shape index (κ1) is 75.8. The van der Waals surface area contributed by atoms with E-state index in [9.17, 15) is 0 Å². The molecular weight excluding hydrogens is 921 g/mol. The predicted molar refractivity (Wildman–Crippen MR) is 349 cm³/mol. The fourth-order valence-electron chi connectivity index (χ4n) is 12.1. The van der Waals surface area contributed by atoms with E-state index < -0.39 is 0 Å². The van der Waals surface area contributed by atoms with Crippen LogP contribution in [0, 0.1) is 0 Å². The molecule has 0 radical (unpaired) electrons. The van der Waals surface area contributed by atoms with Crippen molar-refractivity contribution in [3.8, 4) is 0 Å². The molecule has 0 aliphatic heterocycles. The van der Waals surface area contributed by atoms with E-state index in [1.165, 1.54) is 425 Å². The zero-order valence-corrected chi connectivity index (χ0v) is 54.5. The van der Waals surface area contributed by atoms with E-state index in [4.69, 9.17) is 0 Å². The maximum absolute atomic E-state index is 2.98. The van der Waals surface area contributed by atoms with Crippen molar-refractivity contribution in [3.05, 3.63) is 0 Å². The first-order valence-electron chi connectivity index (χ1n) is 36.5. The summed E-state index contributed by atoms with van der Waals surface area (Å²) in [5.74, 6) is 0. The van der Waals surface area contributed by atoms with Crippen LogP contribution in [0.25, 0.3) is 0 Å². The molecule has 0 aromatic heterocycles. The van der Waals surface area contributed by atoms with Crippen LogP contribution in [0.4, 0.5) is 0 Å². The maximum Gasteiger partial charge on any atom is 0.0110 e. The van der Waals surface area contributed by atoms with Crippen LogP contribution in [-0.2, 0) is 0 Å². The van der Waals surface area contributed by atoms with Gasteiger partial charge in [-0.1, -0.05) is 350 Å². The molecule has 0 bridgehead atoms. The van der Waals surface area contributed by atoms with Crippen LogP contribution in [0.3, 0.4) is 0 Å². The van der Waals surface area contributed by atoms with Crippen molar-refractivity contribution in [3.63, 3.8) is 0 Å². The second-order valence-corrected chi connectivity index (χ2v) is 25.3. The molecule has 0 N–H and O–H groups in total. The number of hydrogen-bond acceptors (Lipinski definition) is 4. The van der Waals surface area contributed by atoms with Gasteiger partial charge in [0.15, 0.2) is 0 Å². The molecule has 458 valence electrons. The highest BCUT2D eigenvalue weighted by molar-refractivity contribution is 4.71. The molecule has 0 spiro atoms. The normalized spacial score (nSPS) is 12.1. The standard InChI is InChI=1S/C72H150N4/c1-7-13-19-25-31-37-43-49-55-61-73(62-56-50-44-38-32-26-20-14-8-2)67-69-75(65-59-53-47-41-35-29-23-17-11-5)71-72-76(66-60-54-48-42-36-30-24-18-12-6)70-68-74(63-57-51-45-39-33-27-21-15-9-3)64-58-52-46-40-34-28-22-16-10-4/h7-72H2,1-6H3. The van der Waals surface area contributed by atoms with Gasteiger partial charge in [0.2, 0.25) is 0 Å². The monoisotopic (exact) mass is 1070 g/mol. The first-order valence-corrected chi connectivity index (χ1v) is 36.5. The van der Waals surface area contributed by atoms with E-state index in [-0.39, 0.29) is 0 Å². The minimum atomic E-state index is 1.27. The average molecular weight is 1070 g/mol. The van der Waals surface area contributed by atoms with Crippen LogP contribution in [0.5, 0.6) is 0 Å². The topological polar surface area (TPSA) is 13.0 Å². The molecular formula is C72H150N4. The third-order valence-corrected chi connectivity index (χ3v) is 17.7. The molecule has 4 nitrogen and oxygen atoms in total. The van der Waals surface area contributed by atoms with Crippen molar-refractivity contribution in [2.45, 2.75) is 388 Å². The van der Waals surface area contributed by atoms with Crippen LogP contribution < -0.4 is 0 Å². The summed E-state index contributed by atoms with van der Waals surface area (Å²) in [6, 6.07) is 0. The molecule has 0 aromatic carbocycles. The molecule has 0 saturated carbocycles. The van der Waals surface area contributed by atoms with Gasteiger partial charge in [0.05, 0.1) is 0 Å². The highest BCUT2D eigenvalue weighted by Crippen LogP contribution is 2.17. The molecule has 0 rings (SSSR count). The lowest BCUT2D eigenvalue weighted by Crippen LogP contribution is -2.43. The Kier molecular flexibility index (Phi) is 67.2. The van der Waals surface area contributed by atoms with Gasteiger partial charge in [-0.2, -0.15) is 0 Å². The van der Waals surface area contributed by atoms with Crippen molar-refractivity contribution >= 4 is 0 Å². The average Bonchev–Trinajstić information content (AvgIpc) is 3.43. The summed E-state index contributed by atoms with van der Waals surface area (Å²) in [6.07, 6.45) is 77.4. The molecule has 0 atom stereocenters. The third-order valence-electron chi connectivity index (χ3n) is 17.7. The highest BCUT2D eigenvalue weighted by Gasteiger charge is 2.15. The van der Waals surface area contributed by atoms with Crippen molar-refractivity contribution in [1.82, 2.24) is 19.6 Å². The molecule has 4 heteroatoms. The maximum atomic E-state index is 2.98. The number of hydrogen-bond donors (Lipinski definition) is 0. The lowest BCUT2D eigenvalue weighted by Gasteiger charge is -2.32. The Morgan fingerprint density at radius 1 is 0.105 bits per heavy atom. The van der Waals surface area contributed by atoms with E-state index >= 15 is 0 Å². The molecule has 0 aromatic rings. The van der Waals surface area contributed by atoms with Gasteiger partial charge in [-0.25, -0.2) is 0 Å². The molecule has 0 unspecified atom stereocenters. The summed E-state index contributed by atoms with van der Waals surface area (Å²) in [5, 5.41) is 0. The third kappa shape index (κ3) is 59.9. The summed E-state index contributed by atoms with van der Waals surface area (Å²) < 4.78 is 0. The quantitative estimate of drug-likeness (QED) is 0.0563. The van der Waals surface area contributed by atoms with Crippen molar-refractivity contribution in [1.29, 1.82) is 0 Å². The SMILES string of the molecule is CCCCCCCCCCCN(CCCCCCCCCCC)CCN(CCCCCCCCCCC)CCN(CCCCCCCCCCC)CCN(CCCCCCCCCCC)CCCCCCCCCCC. The molecule has 0 amide bonds. The second kappa shape index (κ2) is 67.3. The van der Waals surface area contributed by atoms with E-state index in [0.29, 0.717) is 0 Å². The van der Waals surface area contributed by atoms with Crippen molar-refractivity contribution in [2.24, 2.45) is 0 Å². The molecule has 0 heterocycles. The summed E-state index contributed by atoms with van der Waals surface area (Å²) in [4.78, 5) is 11.9. The van der Waals surface area contributed by atoms with E-state index in [1.807, 2.05) is 0 Å². The zero-order chi connectivity index (χ0) is 55.0. The molecule has 76 heavy (non-hydrogen) atoms. The van der Waals surface area contributed by atoms with Crippen LogP contribution >= 0.6 is 0 Å². The van der Waals surface area contributed by atoms with Crippen LogP contribution in [-0.4, -0.2) is 98.1 Å². The Labute approximate surface area is 484 Å². The Balaban J connectivity index is 5.94. The largest absolute Gasteiger partial charge is 0.302 e. The lowest BCUT2D eigenvalue weighted by atomic mass is 10.1. The fraction of sp³-hybridized carbons (Fsp3) is 1.00. The number of nitrogens with zero attached hydrogens (tertiary/aromatic N) is 4. The van der Waals surface area contributed by atoms with Gasteiger partial charge >= 0.3 is 0 Å². The minimum absolute atomic E-state index is 1.27. The van der Waals surface area contributed by atoms with Crippen molar-refractivity contribution < 1.29 is 0 Å². The fourth-order valence-corrected chi connectivity index (χ4v) is 12.1. The zero-order valence-electron chi connectivity index (χ0n) is 54.5. The first-order chi connectivity index (χ1) is 37.6. The van der Waals surface area contributed by atoms with Gasteiger partial charge in [0.25, 0.3) is 0 Å². The molecule has 0 aliphatic rings. The summed E-state index contributed by atoms with van der Waals surface area (Å²) in [5.41, 5.74) is 0. The smallest absolute Gasteiger partial charge is 0.0110 e.